The molecule has 1 N–H and O–H groups in total. The predicted molar refractivity (Wildman–Crippen MR) is 59.6 cm³/mol. The molecule has 1 rings (SSSR count). The van der Waals surface area contributed by atoms with Crippen LogP contribution in [-0.2, 0) is 0 Å². The van der Waals surface area contributed by atoms with Crippen LogP contribution in [0.2, 0.25) is 0 Å². The molecule has 0 bridgehead atoms. The largest absolute Gasteiger partial charge is 0.489 e. The Labute approximate surface area is 94.6 Å². The van der Waals surface area contributed by atoms with E-state index in [9.17, 15) is 8.78 Å². The van der Waals surface area contributed by atoms with Crippen LogP contribution in [0.15, 0.2) is 18.2 Å². The zero-order valence-corrected chi connectivity index (χ0v) is 9.43. The summed E-state index contributed by atoms with van der Waals surface area (Å²) < 4.78 is 31.0. The average molecular weight is 229 g/mol. The molecular formula is C12H17F2NO. The third-order valence-electron chi connectivity index (χ3n) is 2.14. The first-order valence-electron chi connectivity index (χ1n) is 5.52. The van der Waals surface area contributed by atoms with E-state index < -0.39 is 11.6 Å². The van der Waals surface area contributed by atoms with Gasteiger partial charge in [-0.1, -0.05) is 13.3 Å². The van der Waals surface area contributed by atoms with Gasteiger partial charge in [0.2, 0.25) is 0 Å². The van der Waals surface area contributed by atoms with Crippen LogP contribution in [0.3, 0.4) is 0 Å². The van der Waals surface area contributed by atoms with Gasteiger partial charge in [0.1, 0.15) is 12.4 Å². The Morgan fingerprint density at radius 2 is 2.06 bits per heavy atom. The molecule has 0 saturated carbocycles. The van der Waals surface area contributed by atoms with Gasteiger partial charge in [-0.3, -0.25) is 0 Å². The summed E-state index contributed by atoms with van der Waals surface area (Å²) in [6.07, 6.45) is 2.24. The van der Waals surface area contributed by atoms with Crippen LogP contribution in [0, 0.1) is 11.6 Å². The summed E-state index contributed by atoms with van der Waals surface area (Å²) in [6.45, 7) is 4.01. The monoisotopic (exact) mass is 229 g/mol. The van der Waals surface area contributed by atoms with Gasteiger partial charge in [0.05, 0.1) is 0 Å². The highest BCUT2D eigenvalue weighted by atomic mass is 19.1. The second kappa shape index (κ2) is 7.17. The predicted octanol–water partition coefficient (Wildman–Crippen LogP) is 2.73. The second-order valence-corrected chi connectivity index (χ2v) is 3.53. The van der Waals surface area contributed by atoms with Crippen molar-refractivity contribution in [3.8, 4) is 5.75 Å². The first-order valence-corrected chi connectivity index (χ1v) is 5.52. The van der Waals surface area contributed by atoms with Crippen molar-refractivity contribution >= 4 is 0 Å². The van der Waals surface area contributed by atoms with Crippen LogP contribution in [0.25, 0.3) is 0 Å². The highest BCUT2D eigenvalue weighted by Crippen LogP contribution is 2.17. The van der Waals surface area contributed by atoms with Crippen LogP contribution < -0.4 is 10.1 Å². The first-order chi connectivity index (χ1) is 7.74. The molecule has 0 heterocycles. The third kappa shape index (κ3) is 4.57. The number of benzene rings is 1. The lowest BCUT2D eigenvalue weighted by Gasteiger charge is -2.08. The molecule has 0 aliphatic carbocycles. The average Bonchev–Trinajstić information content (AvgIpc) is 2.28. The minimum absolute atomic E-state index is 0.0303. The lowest BCUT2D eigenvalue weighted by atomic mass is 10.3. The van der Waals surface area contributed by atoms with Crippen molar-refractivity contribution in [1.82, 2.24) is 5.32 Å². The maximum Gasteiger partial charge on any atom is 0.165 e. The van der Waals surface area contributed by atoms with Crippen LogP contribution in [0.1, 0.15) is 19.8 Å². The smallest absolute Gasteiger partial charge is 0.165 e. The van der Waals surface area contributed by atoms with Crippen LogP contribution in [0.4, 0.5) is 8.78 Å². The van der Waals surface area contributed by atoms with Crippen molar-refractivity contribution in [3.05, 3.63) is 29.8 Å². The molecule has 0 fully saturated rings. The van der Waals surface area contributed by atoms with Gasteiger partial charge in [0, 0.05) is 12.6 Å². The normalized spacial score (nSPS) is 10.4. The Morgan fingerprint density at radius 1 is 1.25 bits per heavy atom. The minimum atomic E-state index is -0.532. The standard InChI is InChI=1S/C12H17F2NO/c1-2-3-6-15-7-8-16-12-9-10(13)4-5-11(12)14/h4-5,9,15H,2-3,6-8H2,1H3. The molecular weight excluding hydrogens is 212 g/mol. The van der Waals surface area contributed by atoms with Gasteiger partial charge < -0.3 is 10.1 Å². The lowest BCUT2D eigenvalue weighted by molar-refractivity contribution is 0.297. The summed E-state index contributed by atoms with van der Waals surface area (Å²) in [6, 6.07) is 3.19. The molecule has 90 valence electrons. The van der Waals surface area contributed by atoms with E-state index in [1.165, 1.54) is 0 Å². The van der Waals surface area contributed by atoms with E-state index in [0.29, 0.717) is 13.2 Å². The Morgan fingerprint density at radius 3 is 2.81 bits per heavy atom. The highest BCUT2D eigenvalue weighted by molar-refractivity contribution is 5.24. The second-order valence-electron chi connectivity index (χ2n) is 3.53. The molecule has 0 radical (unpaired) electrons. The molecule has 0 aliphatic rings. The van der Waals surface area contributed by atoms with Gasteiger partial charge in [0.15, 0.2) is 11.6 Å². The zero-order chi connectivity index (χ0) is 11.8. The van der Waals surface area contributed by atoms with E-state index in [1.54, 1.807) is 0 Å². The maximum absolute atomic E-state index is 13.1. The summed E-state index contributed by atoms with van der Waals surface area (Å²) in [5.74, 6) is -1.05. The summed E-state index contributed by atoms with van der Waals surface area (Å²) in [5, 5.41) is 3.15. The van der Waals surface area contributed by atoms with E-state index in [-0.39, 0.29) is 5.75 Å². The molecule has 0 amide bonds. The molecule has 0 aromatic heterocycles. The van der Waals surface area contributed by atoms with Crippen molar-refractivity contribution in [2.75, 3.05) is 19.7 Å². The molecule has 16 heavy (non-hydrogen) atoms. The highest BCUT2D eigenvalue weighted by Gasteiger charge is 2.03. The molecule has 0 saturated heterocycles. The molecule has 0 atom stereocenters. The number of unbranched alkanes of at least 4 members (excludes halogenated alkanes) is 1. The molecule has 0 unspecified atom stereocenters. The van der Waals surface area contributed by atoms with E-state index >= 15 is 0 Å². The summed E-state index contributed by atoms with van der Waals surface area (Å²) in [5.41, 5.74) is 0. The van der Waals surface area contributed by atoms with E-state index in [0.717, 1.165) is 37.6 Å². The summed E-state index contributed by atoms with van der Waals surface area (Å²) >= 11 is 0. The zero-order valence-electron chi connectivity index (χ0n) is 9.43. The van der Waals surface area contributed by atoms with E-state index in [1.807, 2.05) is 0 Å². The van der Waals surface area contributed by atoms with Crippen LogP contribution >= 0.6 is 0 Å². The van der Waals surface area contributed by atoms with Crippen LogP contribution in [0.5, 0.6) is 5.75 Å². The van der Waals surface area contributed by atoms with Gasteiger partial charge in [-0.25, -0.2) is 8.78 Å². The maximum atomic E-state index is 13.1. The first kappa shape index (κ1) is 12.9. The summed E-state index contributed by atoms with van der Waals surface area (Å²) in [7, 11) is 0. The number of ether oxygens (including phenoxy) is 1. The third-order valence-corrected chi connectivity index (χ3v) is 2.14. The Hall–Kier alpha value is -1.16. The molecule has 0 spiro atoms. The van der Waals surface area contributed by atoms with Gasteiger partial charge in [-0.05, 0) is 25.1 Å². The lowest BCUT2D eigenvalue weighted by Crippen LogP contribution is -2.22. The topological polar surface area (TPSA) is 21.3 Å². The SMILES string of the molecule is CCCCNCCOc1cc(F)ccc1F. The van der Waals surface area contributed by atoms with Gasteiger partial charge in [-0.2, -0.15) is 0 Å². The molecule has 4 heteroatoms. The summed E-state index contributed by atoms with van der Waals surface area (Å²) in [4.78, 5) is 0. The number of halogens is 2. The number of hydrogen-bond donors (Lipinski definition) is 1. The number of rotatable bonds is 7. The quantitative estimate of drug-likeness (QED) is 0.726. The Bertz CT molecular complexity index is 318. The Balaban J connectivity index is 2.23. The van der Waals surface area contributed by atoms with Gasteiger partial charge in [-0.15, -0.1) is 0 Å². The van der Waals surface area contributed by atoms with Crippen molar-refractivity contribution in [1.29, 1.82) is 0 Å². The fraction of sp³-hybridized carbons (Fsp3) is 0.500. The fourth-order valence-electron chi connectivity index (χ4n) is 1.25. The van der Waals surface area contributed by atoms with Crippen molar-refractivity contribution in [2.45, 2.75) is 19.8 Å². The molecule has 1 aromatic rings. The minimum Gasteiger partial charge on any atom is -0.489 e. The fourth-order valence-corrected chi connectivity index (χ4v) is 1.25. The van der Waals surface area contributed by atoms with Crippen molar-refractivity contribution in [2.24, 2.45) is 0 Å². The van der Waals surface area contributed by atoms with Crippen molar-refractivity contribution < 1.29 is 13.5 Å². The van der Waals surface area contributed by atoms with Gasteiger partial charge in [0.25, 0.3) is 0 Å². The van der Waals surface area contributed by atoms with Crippen molar-refractivity contribution in [3.63, 3.8) is 0 Å². The Kier molecular flexibility index (Phi) is 5.78. The molecule has 2 nitrogen and oxygen atoms in total. The van der Waals surface area contributed by atoms with Crippen LogP contribution in [-0.4, -0.2) is 19.7 Å². The van der Waals surface area contributed by atoms with E-state index in [4.69, 9.17) is 4.74 Å². The molecule has 0 aliphatic heterocycles. The number of hydrogen-bond acceptors (Lipinski definition) is 2. The van der Waals surface area contributed by atoms with Gasteiger partial charge >= 0.3 is 0 Å². The van der Waals surface area contributed by atoms with E-state index in [2.05, 4.69) is 12.2 Å². The number of nitrogens with one attached hydrogen (secondary N) is 1. The molecule has 1 aromatic carbocycles.